The number of carbonyl (C=O) groups is 2. The molecule has 2 aromatic heterocycles. The zero-order chi connectivity index (χ0) is 44.0. The van der Waals surface area contributed by atoms with E-state index in [9.17, 15) is 19.8 Å². The van der Waals surface area contributed by atoms with Crippen LogP contribution in [0.4, 0.5) is 21.2 Å². The van der Waals surface area contributed by atoms with Crippen molar-refractivity contribution in [3.05, 3.63) is 96.1 Å². The number of anilines is 2. The molecule has 324 valence electrons. The highest BCUT2D eigenvalue weighted by Crippen LogP contribution is 2.35. The van der Waals surface area contributed by atoms with Crippen molar-refractivity contribution in [3.8, 4) is 34.3 Å². The molecule has 0 aliphatic carbocycles. The molecule has 62 heavy (non-hydrogen) atoms. The third kappa shape index (κ3) is 10.6. The number of rotatable bonds is 9. The van der Waals surface area contributed by atoms with Gasteiger partial charge in [-0.1, -0.05) is 36.4 Å². The van der Waals surface area contributed by atoms with Crippen molar-refractivity contribution in [2.24, 2.45) is 0 Å². The zero-order valence-corrected chi connectivity index (χ0v) is 36.0. The van der Waals surface area contributed by atoms with Crippen LogP contribution in [0.25, 0.3) is 44.6 Å². The minimum Gasteiger partial charge on any atom is -0.507 e. The van der Waals surface area contributed by atoms with Gasteiger partial charge in [-0.25, -0.2) is 29.5 Å². The number of nitrogens with zero attached hydrogens (tertiary/aromatic N) is 6. The minimum atomic E-state index is -0.532. The van der Waals surface area contributed by atoms with Gasteiger partial charge in [-0.3, -0.25) is 0 Å². The van der Waals surface area contributed by atoms with E-state index in [4.69, 9.17) is 34.1 Å². The van der Waals surface area contributed by atoms with Crippen molar-refractivity contribution in [2.75, 3.05) is 56.3 Å². The Morgan fingerprint density at radius 2 is 1.15 bits per heavy atom. The van der Waals surface area contributed by atoms with Crippen LogP contribution in [0.15, 0.2) is 84.9 Å². The highest BCUT2D eigenvalue weighted by molar-refractivity contribution is 5.93. The van der Waals surface area contributed by atoms with Gasteiger partial charge in [-0.05, 0) is 107 Å². The number of carbonyl (C=O) groups excluding carboxylic acids is 2. The molecule has 0 radical (unpaired) electrons. The molecule has 2 amide bonds. The fourth-order valence-electron chi connectivity index (χ4n) is 7.54. The zero-order valence-electron chi connectivity index (χ0n) is 36.0. The van der Waals surface area contributed by atoms with Crippen LogP contribution in [-0.2, 0) is 14.2 Å². The molecule has 2 aliphatic heterocycles. The lowest BCUT2D eigenvalue weighted by atomic mass is 10.1. The molecule has 4 N–H and O–H groups in total. The number of para-hydroxylation sites is 2. The van der Waals surface area contributed by atoms with Gasteiger partial charge in [0.15, 0.2) is 11.6 Å². The van der Waals surface area contributed by atoms with E-state index in [1.165, 1.54) is 0 Å². The molecule has 4 heterocycles. The van der Waals surface area contributed by atoms with Crippen molar-refractivity contribution in [3.63, 3.8) is 0 Å². The maximum Gasteiger partial charge on any atom is 0.407 e. The first-order valence-corrected chi connectivity index (χ1v) is 20.8. The molecule has 0 bridgehead atoms. The number of hydrogen-bond donors (Lipinski definition) is 4. The van der Waals surface area contributed by atoms with Crippen molar-refractivity contribution >= 4 is 45.6 Å². The highest BCUT2D eigenvalue weighted by Gasteiger charge is 2.30. The van der Waals surface area contributed by atoms with Crippen LogP contribution >= 0.6 is 0 Å². The van der Waals surface area contributed by atoms with Gasteiger partial charge in [0, 0.05) is 44.1 Å². The van der Waals surface area contributed by atoms with Crippen LogP contribution in [0.3, 0.4) is 0 Å². The molecule has 2 fully saturated rings. The Labute approximate surface area is 361 Å². The number of aromatic hydroxyl groups is 2. The molecule has 4 aromatic carbocycles. The van der Waals surface area contributed by atoms with Crippen LogP contribution in [0.2, 0.25) is 0 Å². The van der Waals surface area contributed by atoms with Crippen molar-refractivity contribution in [1.82, 2.24) is 30.6 Å². The number of ether oxygens (including phenoxy) is 3. The molecule has 2 aliphatic rings. The number of benzene rings is 4. The molecular formula is C47H54N8O7. The summed E-state index contributed by atoms with van der Waals surface area (Å²) >= 11 is 0. The van der Waals surface area contributed by atoms with Crippen LogP contribution in [-0.4, -0.2) is 107 Å². The molecule has 2 saturated heterocycles. The first kappa shape index (κ1) is 43.4. The number of amides is 2. The quantitative estimate of drug-likeness (QED) is 0.104. The second-order valence-electron chi connectivity index (χ2n) is 16.6. The number of aromatic nitrogens is 4. The smallest absolute Gasteiger partial charge is 0.407 e. The largest absolute Gasteiger partial charge is 0.507 e. The van der Waals surface area contributed by atoms with Gasteiger partial charge in [0.1, 0.15) is 35.3 Å². The second kappa shape index (κ2) is 18.9. The van der Waals surface area contributed by atoms with E-state index in [0.29, 0.717) is 42.5 Å². The van der Waals surface area contributed by atoms with Gasteiger partial charge >= 0.3 is 12.2 Å². The molecule has 0 saturated carbocycles. The minimum absolute atomic E-state index is 0.0288. The molecular weight excluding hydrogens is 789 g/mol. The summed E-state index contributed by atoms with van der Waals surface area (Å²) in [5.41, 5.74) is 4.49. The van der Waals surface area contributed by atoms with Gasteiger partial charge in [0.05, 0.1) is 40.9 Å². The number of alkyl carbamates (subject to hydrolysis) is 2. The number of phenolic OH excluding ortho intramolecular Hbond substituents is 2. The average molecular weight is 843 g/mol. The van der Waals surface area contributed by atoms with Gasteiger partial charge in [-0.15, -0.1) is 0 Å². The van der Waals surface area contributed by atoms with Gasteiger partial charge in [0.2, 0.25) is 0 Å². The van der Waals surface area contributed by atoms with E-state index in [1.54, 1.807) is 37.4 Å². The van der Waals surface area contributed by atoms with E-state index < -0.39 is 17.8 Å². The van der Waals surface area contributed by atoms with E-state index in [0.717, 1.165) is 70.5 Å². The van der Waals surface area contributed by atoms with Gasteiger partial charge in [0.25, 0.3) is 0 Å². The molecule has 15 nitrogen and oxygen atoms in total. The number of hydrogen-bond acceptors (Lipinski definition) is 13. The summed E-state index contributed by atoms with van der Waals surface area (Å²) in [6.45, 7) is 12.9. The fraction of sp³-hybridized carbons (Fsp3) is 0.362. The number of methoxy groups -OCH3 is 1. The van der Waals surface area contributed by atoms with Gasteiger partial charge < -0.3 is 44.9 Å². The number of fused-ring (bicyclic) bond motifs is 2. The summed E-state index contributed by atoms with van der Waals surface area (Å²) < 4.78 is 15.4. The van der Waals surface area contributed by atoms with Crippen molar-refractivity contribution in [1.29, 1.82) is 0 Å². The third-order valence-electron chi connectivity index (χ3n) is 10.5. The molecule has 6 aromatic rings. The normalized spacial score (nSPS) is 16.2. The summed E-state index contributed by atoms with van der Waals surface area (Å²) in [7, 11) is 1.56. The van der Waals surface area contributed by atoms with E-state index in [1.807, 2.05) is 89.2 Å². The Kier molecular flexibility index (Phi) is 13.2. The Hall–Kier alpha value is -6.74. The molecule has 0 unspecified atom stereocenters. The summed E-state index contributed by atoms with van der Waals surface area (Å²) in [4.78, 5) is 47.5. The summed E-state index contributed by atoms with van der Waals surface area (Å²) in [5.74, 6) is 2.83. The Morgan fingerprint density at radius 1 is 0.677 bits per heavy atom. The lowest BCUT2D eigenvalue weighted by molar-refractivity contribution is 0.0508. The summed E-state index contributed by atoms with van der Waals surface area (Å²) in [5, 5.41) is 28.4. The first-order valence-electron chi connectivity index (χ1n) is 20.8. The van der Waals surface area contributed by atoms with Gasteiger partial charge in [-0.2, -0.15) is 0 Å². The lowest BCUT2D eigenvalue weighted by Gasteiger charge is -2.23. The predicted molar refractivity (Wildman–Crippen MR) is 240 cm³/mol. The van der Waals surface area contributed by atoms with Crippen LogP contribution < -0.4 is 20.4 Å². The summed E-state index contributed by atoms with van der Waals surface area (Å²) in [6, 6.07) is 26.2. The van der Waals surface area contributed by atoms with Crippen LogP contribution in [0.5, 0.6) is 11.5 Å². The molecule has 15 heteroatoms. The number of phenols is 2. The van der Waals surface area contributed by atoms with E-state index in [2.05, 4.69) is 20.4 Å². The Bertz CT molecular complexity index is 2560. The average Bonchev–Trinajstić information content (AvgIpc) is 3.89. The Morgan fingerprint density at radius 3 is 1.60 bits per heavy atom. The van der Waals surface area contributed by atoms with Crippen LogP contribution in [0, 0.1) is 13.8 Å². The fourth-order valence-corrected chi connectivity index (χ4v) is 7.54. The number of aryl methyl sites for hydroxylation is 2. The third-order valence-corrected chi connectivity index (χ3v) is 10.5. The highest BCUT2D eigenvalue weighted by atomic mass is 16.6. The standard InChI is InChI=1S/C24H28N4O3.C23H26N4O4/c1-15-9-10-17-19(13-15)26-21(18-7-5-6-8-20(18)29)27-22(17)28-12-11-16(14-28)25-23(30)31-24(2,3)4;1-15-7-8-17-19(13-15)25-21(18-5-3-4-6-20(18)28)26-22(17)27-10-9-16(14-27)24-23(29)31-12-11-30-2/h5-10,13,16,29H,11-12,14H2,1-4H3,(H,25,30);3-8,13,16,28H,9-12,14H2,1-2H3,(H,24,29)/t2*16-/m00/s1. The maximum atomic E-state index is 12.2. The maximum absolute atomic E-state index is 12.2. The lowest BCUT2D eigenvalue weighted by Crippen LogP contribution is -2.40. The Balaban J connectivity index is 0.000000186. The predicted octanol–water partition coefficient (Wildman–Crippen LogP) is 7.68. The molecule has 0 spiro atoms. The summed E-state index contributed by atoms with van der Waals surface area (Å²) in [6.07, 6.45) is 0.727. The second-order valence-corrected chi connectivity index (χ2v) is 16.6. The van der Waals surface area contributed by atoms with E-state index >= 15 is 0 Å². The topological polar surface area (TPSA) is 184 Å². The monoisotopic (exact) mass is 842 g/mol. The van der Waals surface area contributed by atoms with Crippen LogP contribution in [0.1, 0.15) is 44.7 Å². The molecule has 2 atom stereocenters. The number of nitrogens with one attached hydrogen (secondary N) is 2. The SMILES string of the molecule is COCCOC(=O)N[C@H]1CCN(c2nc(-c3ccccc3O)nc3cc(C)ccc23)C1.Cc1ccc2c(N3CC[C@H](NC(=O)OC(C)(C)C)C3)nc(-c3ccccc3O)nc2c1. The van der Waals surface area contributed by atoms with Crippen molar-refractivity contribution < 1.29 is 34.0 Å². The van der Waals surface area contributed by atoms with E-state index in [-0.39, 0.29) is 30.2 Å². The van der Waals surface area contributed by atoms with Crippen molar-refractivity contribution in [2.45, 2.75) is 65.1 Å². The first-order chi connectivity index (χ1) is 29.7. The molecule has 8 rings (SSSR count).